The summed E-state index contributed by atoms with van der Waals surface area (Å²) in [6.07, 6.45) is 4.29. The Morgan fingerprint density at radius 3 is 2.77 bits per heavy atom. The predicted molar refractivity (Wildman–Crippen MR) is 51.3 cm³/mol. The summed E-state index contributed by atoms with van der Waals surface area (Å²) in [7, 11) is 0. The van der Waals surface area contributed by atoms with Gasteiger partial charge in [-0.3, -0.25) is 4.90 Å². The average Bonchev–Trinajstić information content (AvgIpc) is 2.76. The molecule has 0 bridgehead atoms. The first-order valence-corrected chi connectivity index (χ1v) is 4.89. The molecule has 1 atom stereocenters. The molecule has 0 radical (unpaired) electrons. The molecule has 1 aromatic rings. The van der Waals surface area contributed by atoms with Crippen molar-refractivity contribution in [2.75, 3.05) is 19.6 Å². The van der Waals surface area contributed by atoms with Crippen molar-refractivity contribution in [3.8, 4) is 0 Å². The maximum absolute atomic E-state index is 5.74. The second-order valence-corrected chi connectivity index (χ2v) is 3.51. The van der Waals surface area contributed by atoms with Gasteiger partial charge in [0, 0.05) is 6.54 Å². The van der Waals surface area contributed by atoms with Gasteiger partial charge >= 0.3 is 0 Å². The Hall–Kier alpha value is -0.800. The van der Waals surface area contributed by atoms with Gasteiger partial charge in [-0.1, -0.05) is 0 Å². The summed E-state index contributed by atoms with van der Waals surface area (Å²) in [5, 5.41) is 0. The van der Waals surface area contributed by atoms with Crippen LogP contribution in [-0.2, 0) is 0 Å². The van der Waals surface area contributed by atoms with Crippen LogP contribution in [0.1, 0.15) is 24.6 Å². The first kappa shape index (κ1) is 8.78. The highest BCUT2D eigenvalue weighted by molar-refractivity contribution is 5.05. The Bertz CT molecular complexity index is 239. The predicted octanol–water partition coefficient (Wildman–Crippen LogP) is 1.38. The maximum Gasteiger partial charge on any atom is 0.122 e. The number of nitrogens with zero attached hydrogens (tertiary/aromatic N) is 1. The van der Waals surface area contributed by atoms with E-state index in [-0.39, 0.29) is 6.04 Å². The van der Waals surface area contributed by atoms with Gasteiger partial charge in [-0.25, -0.2) is 0 Å². The number of nitrogens with two attached hydrogens (primary N) is 1. The van der Waals surface area contributed by atoms with Crippen LogP contribution < -0.4 is 5.73 Å². The molecule has 13 heavy (non-hydrogen) atoms. The number of likely N-dealkylation sites (tertiary alicyclic amines) is 1. The van der Waals surface area contributed by atoms with Crippen LogP contribution in [0.4, 0.5) is 0 Å². The Labute approximate surface area is 78.5 Å². The molecule has 0 aromatic carbocycles. The van der Waals surface area contributed by atoms with Crippen molar-refractivity contribution >= 4 is 0 Å². The zero-order chi connectivity index (χ0) is 9.10. The van der Waals surface area contributed by atoms with E-state index >= 15 is 0 Å². The zero-order valence-corrected chi connectivity index (χ0v) is 7.78. The van der Waals surface area contributed by atoms with Gasteiger partial charge in [0.15, 0.2) is 0 Å². The third kappa shape index (κ3) is 1.76. The van der Waals surface area contributed by atoms with Crippen LogP contribution in [-0.4, -0.2) is 24.5 Å². The van der Waals surface area contributed by atoms with Gasteiger partial charge in [0.2, 0.25) is 0 Å². The van der Waals surface area contributed by atoms with E-state index in [9.17, 15) is 0 Å². The molecule has 1 aliphatic heterocycles. The largest absolute Gasteiger partial charge is 0.468 e. The molecule has 0 unspecified atom stereocenters. The summed E-state index contributed by atoms with van der Waals surface area (Å²) in [6, 6.07) is 4.22. The fraction of sp³-hybridized carbons (Fsp3) is 0.600. The van der Waals surface area contributed by atoms with E-state index in [4.69, 9.17) is 10.2 Å². The molecule has 0 spiro atoms. The van der Waals surface area contributed by atoms with Crippen LogP contribution in [0, 0.1) is 0 Å². The molecular weight excluding hydrogens is 164 g/mol. The minimum atomic E-state index is 0.289. The second-order valence-electron chi connectivity index (χ2n) is 3.51. The third-order valence-electron chi connectivity index (χ3n) is 2.68. The average molecular weight is 180 g/mol. The monoisotopic (exact) mass is 180 g/mol. The topological polar surface area (TPSA) is 42.4 Å². The van der Waals surface area contributed by atoms with E-state index in [0.29, 0.717) is 6.54 Å². The van der Waals surface area contributed by atoms with Gasteiger partial charge in [0.05, 0.1) is 12.3 Å². The second kappa shape index (κ2) is 3.94. The molecule has 72 valence electrons. The molecule has 1 aromatic heterocycles. The van der Waals surface area contributed by atoms with Crippen LogP contribution in [0.5, 0.6) is 0 Å². The number of furan rings is 1. The lowest BCUT2D eigenvalue weighted by Gasteiger charge is -2.23. The Morgan fingerprint density at radius 2 is 2.23 bits per heavy atom. The number of rotatable bonds is 3. The molecule has 0 aliphatic carbocycles. The highest BCUT2D eigenvalue weighted by Gasteiger charge is 2.23. The normalized spacial score (nSPS) is 20.7. The maximum atomic E-state index is 5.74. The lowest BCUT2D eigenvalue weighted by molar-refractivity contribution is 0.221. The zero-order valence-electron chi connectivity index (χ0n) is 7.78. The van der Waals surface area contributed by atoms with E-state index in [0.717, 1.165) is 18.8 Å². The fourth-order valence-electron chi connectivity index (χ4n) is 1.98. The van der Waals surface area contributed by atoms with E-state index in [2.05, 4.69) is 4.90 Å². The Kier molecular flexibility index (Phi) is 2.66. The molecule has 2 heterocycles. The highest BCUT2D eigenvalue weighted by atomic mass is 16.3. The van der Waals surface area contributed by atoms with Crippen LogP contribution >= 0.6 is 0 Å². The first-order valence-electron chi connectivity index (χ1n) is 4.89. The van der Waals surface area contributed by atoms with Crippen molar-refractivity contribution in [3.05, 3.63) is 24.2 Å². The quantitative estimate of drug-likeness (QED) is 0.764. The van der Waals surface area contributed by atoms with Crippen LogP contribution in [0.2, 0.25) is 0 Å². The highest BCUT2D eigenvalue weighted by Crippen LogP contribution is 2.23. The Morgan fingerprint density at radius 1 is 1.46 bits per heavy atom. The number of hydrogen-bond donors (Lipinski definition) is 1. The molecule has 3 nitrogen and oxygen atoms in total. The van der Waals surface area contributed by atoms with Crippen molar-refractivity contribution in [2.24, 2.45) is 5.73 Å². The minimum absolute atomic E-state index is 0.289. The standard InChI is InChI=1S/C10H16N2O/c11-8-9(10-4-3-7-13-10)12-5-1-2-6-12/h3-4,7,9H,1-2,5-6,8,11H2/t9-/m1/s1. The van der Waals surface area contributed by atoms with Crippen molar-refractivity contribution in [2.45, 2.75) is 18.9 Å². The molecule has 2 N–H and O–H groups in total. The molecule has 1 aliphatic rings. The molecule has 0 amide bonds. The van der Waals surface area contributed by atoms with Crippen LogP contribution in [0.15, 0.2) is 22.8 Å². The van der Waals surface area contributed by atoms with E-state index in [1.54, 1.807) is 6.26 Å². The number of hydrogen-bond acceptors (Lipinski definition) is 3. The molecule has 2 rings (SSSR count). The molecular formula is C10H16N2O. The van der Waals surface area contributed by atoms with Gasteiger partial charge in [-0.2, -0.15) is 0 Å². The molecule has 3 heteroatoms. The third-order valence-corrected chi connectivity index (χ3v) is 2.68. The fourth-order valence-corrected chi connectivity index (χ4v) is 1.98. The smallest absolute Gasteiger partial charge is 0.122 e. The summed E-state index contributed by atoms with van der Waals surface area (Å²) < 4.78 is 5.38. The van der Waals surface area contributed by atoms with Gasteiger partial charge in [0.25, 0.3) is 0 Å². The van der Waals surface area contributed by atoms with Gasteiger partial charge in [-0.05, 0) is 38.1 Å². The van der Waals surface area contributed by atoms with Crippen molar-refractivity contribution in [1.29, 1.82) is 0 Å². The van der Waals surface area contributed by atoms with E-state index < -0.39 is 0 Å². The summed E-state index contributed by atoms with van der Waals surface area (Å²) in [5.41, 5.74) is 5.74. The summed E-state index contributed by atoms with van der Waals surface area (Å²) in [6.45, 7) is 2.96. The lowest BCUT2D eigenvalue weighted by atomic mass is 10.2. The van der Waals surface area contributed by atoms with Crippen molar-refractivity contribution in [3.63, 3.8) is 0 Å². The minimum Gasteiger partial charge on any atom is -0.468 e. The Balaban J connectivity index is 2.08. The van der Waals surface area contributed by atoms with Gasteiger partial charge in [-0.15, -0.1) is 0 Å². The van der Waals surface area contributed by atoms with Gasteiger partial charge in [0.1, 0.15) is 5.76 Å². The van der Waals surface area contributed by atoms with Gasteiger partial charge < -0.3 is 10.2 Å². The summed E-state index contributed by atoms with van der Waals surface area (Å²) in [4.78, 5) is 2.40. The molecule has 0 saturated carbocycles. The van der Waals surface area contributed by atoms with Crippen molar-refractivity contribution in [1.82, 2.24) is 4.90 Å². The summed E-state index contributed by atoms with van der Waals surface area (Å²) in [5.74, 6) is 1.00. The van der Waals surface area contributed by atoms with Crippen LogP contribution in [0.25, 0.3) is 0 Å². The van der Waals surface area contributed by atoms with Crippen molar-refractivity contribution < 1.29 is 4.42 Å². The SMILES string of the molecule is NC[C@H](c1ccco1)N1CCCC1. The first-order chi connectivity index (χ1) is 6.42. The van der Waals surface area contributed by atoms with Crippen LogP contribution in [0.3, 0.4) is 0 Å². The van der Waals surface area contributed by atoms with E-state index in [1.807, 2.05) is 12.1 Å². The lowest BCUT2D eigenvalue weighted by Crippen LogP contribution is -2.30. The molecule has 1 fully saturated rings. The summed E-state index contributed by atoms with van der Waals surface area (Å²) >= 11 is 0. The molecule has 1 saturated heterocycles. The van der Waals surface area contributed by atoms with E-state index in [1.165, 1.54) is 12.8 Å².